The molecular weight excluding hydrogens is 549 g/mol. The van der Waals surface area contributed by atoms with Crippen LogP contribution in [0.1, 0.15) is 22.5 Å². The number of anilines is 2. The lowest BCUT2D eigenvalue weighted by atomic mass is 9.97. The molecule has 0 saturated carbocycles. The van der Waals surface area contributed by atoms with Crippen LogP contribution in [0, 0.1) is 17.1 Å². The number of benzene rings is 2. The molecule has 0 radical (unpaired) electrons. The zero-order chi connectivity index (χ0) is 30.1. The lowest BCUT2D eigenvalue weighted by Crippen LogP contribution is -2.25. The van der Waals surface area contributed by atoms with Gasteiger partial charge in [0.1, 0.15) is 23.2 Å². The minimum Gasteiger partial charge on any atom is -0.467 e. The summed E-state index contributed by atoms with van der Waals surface area (Å²) in [5, 5.41) is 26.3. The van der Waals surface area contributed by atoms with Gasteiger partial charge in [-0.25, -0.2) is 14.2 Å². The number of hydrogen-bond acceptors (Lipinski definition) is 8. The normalized spacial score (nSPS) is 10.4. The van der Waals surface area contributed by atoms with Crippen LogP contribution in [0.4, 0.5) is 20.7 Å². The van der Waals surface area contributed by atoms with Crippen LogP contribution in [0.2, 0.25) is 0 Å². The predicted molar refractivity (Wildman–Crippen MR) is 148 cm³/mol. The molecule has 12 nitrogen and oxygen atoms in total. The zero-order valence-corrected chi connectivity index (χ0v) is 22.1. The summed E-state index contributed by atoms with van der Waals surface area (Å²) in [6.45, 7) is -0.248. The van der Waals surface area contributed by atoms with Gasteiger partial charge in [-0.15, -0.1) is 0 Å². The third-order valence-corrected chi connectivity index (χ3v) is 5.75. The van der Waals surface area contributed by atoms with Gasteiger partial charge in [0, 0.05) is 43.0 Å². The summed E-state index contributed by atoms with van der Waals surface area (Å²) < 4.78 is 29.8. The van der Waals surface area contributed by atoms with Gasteiger partial charge in [0.25, 0.3) is 5.91 Å². The van der Waals surface area contributed by atoms with E-state index in [1.807, 2.05) is 0 Å². The quantitative estimate of drug-likeness (QED) is 0.183. The summed E-state index contributed by atoms with van der Waals surface area (Å²) in [4.78, 5) is 40.3. The number of ether oxygens (including phenoxy) is 2. The fourth-order valence-corrected chi connectivity index (χ4v) is 3.91. The largest absolute Gasteiger partial charge is 0.467 e. The monoisotopic (exact) mass is 573 g/mol. The first-order valence-corrected chi connectivity index (χ1v) is 12.4. The number of methoxy groups -OCH3 is 1. The molecule has 214 valence electrons. The van der Waals surface area contributed by atoms with Gasteiger partial charge in [0.15, 0.2) is 18.4 Å². The molecule has 0 unspecified atom stereocenters. The third-order valence-electron chi connectivity index (χ3n) is 5.75. The van der Waals surface area contributed by atoms with E-state index < -0.39 is 23.7 Å². The van der Waals surface area contributed by atoms with E-state index in [4.69, 9.17) is 19.0 Å². The predicted octanol–water partition coefficient (Wildman–Crippen LogP) is 4.85. The molecule has 4 aromatic rings. The van der Waals surface area contributed by atoms with Crippen LogP contribution in [0.5, 0.6) is 5.75 Å². The van der Waals surface area contributed by atoms with Crippen LogP contribution in [0.15, 0.2) is 71.3 Å². The maximum atomic E-state index is 14.1. The number of carbonyl (C=O) groups excluding carboxylic acids is 2. The first-order valence-electron chi connectivity index (χ1n) is 12.4. The highest BCUT2D eigenvalue weighted by atomic mass is 19.1. The Morgan fingerprint density at radius 2 is 1.90 bits per heavy atom. The Balaban J connectivity index is 1.80. The van der Waals surface area contributed by atoms with E-state index in [2.05, 4.69) is 27.0 Å². The molecule has 13 heteroatoms. The molecule has 4 rings (SSSR count). The number of rotatable bonds is 11. The molecule has 0 spiro atoms. The van der Waals surface area contributed by atoms with E-state index >= 15 is 0 Å². The molecule has 0 bridgehead atoms. The zero-order valence-electron chi connectivity index (χ0n) is 22.1. The fourth-order valence-electron chi connectivity index (χ4n) is 3.91. The van der Waals surface area contributed by atoms with Crippen LogP contribution >= 0.6 is 0 Å². The van der Waals surface area contributed by atoms with Crippen molar-refractivity contribution in [1.29, 1.82) is 5.26 Å². The van der Waals surface area contributed by atoms with Gasteiger partial charge in [-0.3, -0.25) is 9.59 Å². The van der Waals surface area contributed by atoms with Crippen LogP contribution in [-0.4, -0.2) is 48.4 Å². The molecule has 0 aliphatic carbocycles. The summed E-state index contributed by atoms with van der Waals surface area (Å²) in [5.74, 6) is -1.65. The van der Waals surface area contributed by atoms with Gasteiger partial charge in [-0.1, -0.05) is 12.1 Å². The number of carboxylic acid groups (broad SMARTS) is 1. The maximum Gasteiger partial charge on any atom is 0.404 e. The molecule has 0 atom stereocenters. The van der Waals surface area contributed by atoms with Crippen molar-refractivity contribution in [1.82, 2.24) is 10.3 Å². The molecule has 0 fully saturated rings. The van der Waals surface area contributed by atoms with E-state index in [0.29, 0.717) is 22.4 Å². The van der Waals surface area contributed by atoms with E-state index in [0.717, 1.165) is 6.07 Å². The second-order valence-corrected chi connectivity index (χ2v) is 8.62. The van der Waals surface area contributed by atoms with Crippen molar-refractivity contribution in [2.45, 2.75) is 6.42 Å². The number of halogens is 1. The molecule has 42 heavy (non-hydrogen) atoms. The maximum absolute atomic E-state index is 14.1. The number of furan rings is 1. The second-order valence-electron chi connectivity index (χ2n) is 8.62. The molecule has 0 aliphatic heterocycles. The lowest BCUT2D eigenvalue weighted by Gasteiger charge is -2.16. The third kappa shape index (κ3) is 7.26. The Morgan fingerprint density at radius 3 is 2.62 bits per heavy atom. The highest BCUT2D eigenvalue weighted by molar-refractivity contribution is 6.03. The average molecular weight is 574 g/mol. The summed E-state index contributed by atoms with van der Waals surface area (Å²) in [6.07, 6.45) is -0.0173. The minimum atomic E-state index is -1.24. The van der Waals surface area contributed by atoms with Crippen LogP contribution in [0.3, 0.4) is 0 Å². The Hall–Kier alpha value is -5.74. The van der Waals surface area contributed by atoms with E-state index in [-0.39, 0.29) is 48.3 Å². The lowest BCUT2D eigenvalue weighted by molar-refractivity contribution is -0.116. The van der Waals surface area contributed by atoms with Crippen LogP contribution in [-0.2, 0) is 9.53 Å². The Kier molecular flexibility index (Phi) is 9.44. The Labute approximate surface area is 238 Å². The summed E-state index contributed by atoms with van der Waals surface area (Å²) in [7, 11) is 1.41. The first-order chi connectivity index (χ1) is 20.3. The highest BCUT2D eigenvalue weighted by Gasteiger charge is 2.21. The SMILES string of the molecule is COCOc1cc(F)ccc1-c1cc(-c2cccc(NC(=O)CCNC(=O)O)c2)c(C#N)c(NC(=O)c2ccco2)n1. The number of pyridine rings is 1. The van der Waals surface area contributed by atoms with Gasteiger partial charge < -0.3 is 34.9 Å². The van der Waals surface area contributed by atoms with Gasteiger partial charge in [-0.2, -0.15) is 5.26 Å². The molecule has 0 aliphatic rings. The van der Waals surface area contributed by atoms with Crippen molar-refractivity contribution in [3.63, 3.8) is 0 Å². The van der Waals surface area contributed by atoms with E-state index in [1.54, 1.807) is 30.3 Å². The average Bonchev–Trinajstić information content (AvgIpc) is 3.51. The van der Waals surface area contributed by atoms with Crippen LogP contribution in [0.25, 0.3) is 22.4 Å². The number of aromatic nitrogens is 1. The minimum absolute atomic E-state index is 0.00858. The molecular formula is C29H24FN5O7. The topological polar surface area (TPSA) is 176 Å². The van der Waals surface area contributed by atoms with E-state index in [9.17, 15) is 24.0 Å². The first kappa shape index (κ1) is 29.2. The summed E-state index contributed by atoms with van der Waals surface area (Å²) in [5.41, 5.74) is 1.79. The Bertz CT molecular complexity index is 1650. The number of nitrogens with zero attached hydrogens (tertiary/aromatic N) is 2. The summed E-state index contributed by atoms with van der Waals surface area (Å²) >= 11 is 0. The van der Waals surface area contributed by atoms with Crippen molar-refractivity contribution in [3.05, 3.63) is 84.1 Å². The van der Waals surface area contributed by atoms with Gasteiger partial charge in [0.2, 0.25) is 5.91 Å². The molecule has 2 aromatic carbocycles. The molecule has 3 amide bonds. The number of nitriles is 1. The molecule has 2 heterocycles. The standard InChI is InChI=1S/C29H24FN5O7/c1-40-16-42-25-13-18(30)7-8-20(25)23-14-21(22(15-31)27(34-23)35-28(37)24-6-3-11-41-24)17-4-2-5-19(12-17)33-26(36)9-10-32-29(38)39/h2-8,11-14,32H,9-10,16H2,1H3,(H,33,36)(H,38,39)(H,34,35,37). The van der Waals surface area contributed by atoms with Crippen molar-refractivity contribution in [3.8, 4) is 34.2 Å². The molecule has 2 aromatic heterocycles. The van der Waals surface area contributed by atoms with Gasteiger partial charge >= 0.3 is 6.09 Å². The van der Waals surface area contributed by atoms with Crippen molar-refractivity contribution in [2.24, 2.45) is 0 Å². The summed E-state index contributed by atoms with van der Waals surface area (Å²) in [6, 6.07) is 17.0. The number of hydrogen-bond donors (Lipinski definition) is 4. The second kappa shape index (κ2) is 13.6. The number of carbonyl (C=O) groups is 3. The molecule has 4 N–H and O–H groups in total. The van der Waals surface area contributed by atoms with Gasteiger partial charge in [-0.05, 0) is 48.0 Å². The smallest absolute Gasteiger partial charge is 0.404 e. The van der Waals surface area contributed by atoms with Crippen molar-refractivity contribution >= 4 is 29.4 Å². The molecule has 0 saturated heterocycles. The van der Waals surface area contributed by atoms with Gasteiger partial charge in [0.05, 0.1) is 12.0 Å². The van der Waals surface area contributed by atoms with E-state index in [1.165, 1.54) is 37.6 Å². The fraction of sp³-hybridized carbons (Fsp3) is 0.138. The highest BCUT2D eigenvalue weighted by Crippen LogP contribution is 2.37. The van der Waals surface area contributed by atoms with Crippen molar-refractivity contribution in [2.75, 3.05) is 31.1 Å². The van der Waals surface area contributed by atoms with Crippen molar-refractivity contribution < 1.29 is 37.8 Å². The number of nitrogens with one attached hydrogen (secondary N) is 3. The number of amides is 3. The Morgan fingerprint density at radius 1 is 1.07 bits per heavy atom. The van der Waals surface area contributed by atoms with Crippen LogP contribution < -0.4 is 20.7 Å².